The van der Waals surface area contributed by atoms with E-state index in [-0.39, 0.29) is 6.03 Å². The first-order chi connectivity index (χ1) is 12.2. The van der Waals surface area contributed by atoms with Crippen LogP contribution in [0.4, 0.5) is 16.3 Å². The molecule has 1 aliphatic rings. The van der Waals surface area contributed by atoms with E-state index in [9.17, 15) is 4.79 Å². The number of benzene rings is 1. The maximum atomic E-state index is 12.3. The fourth-order valence-electron chi connectivity index (χ4n) is 2.93. The van der Waals surface area contributed by atoms with Gasteiger partial charge >= 0.3 is 6.03 Å². The van der Waals surface area contributed by atoms with Crippen LogP contribution in [0.2, 0.25) is 0 Å². The summed E-state index contributed by atoms with van der Waals surface area (Å²) in [6.45, 7) is 4.48. The Labute approximate surface area is 149 Å². The zero-order valence-corrected chi connectivity index (χ0v) is 14.6. The lowest BCUT2D eigenvalue weighted by atomic mass is 10.3. The van der Waals surface area contributed by atoms with E-state index in [1.54, 1.807) is 6.20 Å². The van der Waals surface area contributed by atoms with Crippen LogP contribution in [0.15, 0.2) is 54.7 Å². The minimum absolute atomic E-state index is 0.0159. The largest absolute Gasteiger partial charge is 0.373 e. The van der Waals surface area contributed by atoms with Gasteiger partial charge in [-0.15, -0.1) is 0 Å². The predicted octanol–water partition coefficient (Wildman–Crippen LogP) is 2.05. The zero-order valence-electron chi connectivity index (χ0n) is 14.6. The molecule has 6 heteroatoms. The summed E-state index contributed by atoms with van der Waals surface area (Å²) in [7, 11) is 2.03. The van der Waals surface area contributed by atoms with Gasteiger partial charge in [0.25, 0.3) is 0 Å². The molecule has 2 heterocycles. The van der Waals surface area contributed by atoms with Crippen molar-refractivity contribution in [1.82, 2.24) is 15.2 Å². The van der Waals surface area contributed by atoms with E-state index in [0.29, 0.717) is 6.54 Å². The van der Waals surface area contributed by atoms with Gasteiger partial charge in [-0.2, -0.15) is 0 Å². The Balaban J connectivity index is 1.39. The molecule has 1 N–H and O–H groups in total. The monoisotopic (exact) mass is 339 g/mol. The van der Waals surface area contributed by atoms with Crippen LogP contribution in [0.5, 0.6) is 0 Å². The number of hydrogen-bond acceptors (Lipinski definition) is 4. The maximum Gasteiger partial charge on any atom is 0.317 e. The highest BCUT2D eigenvalue weighted by molar-refractivity contribution is 5.74. The van der Waals surface area contributed by atoms with Gasteiger partial charge < -0.3 is 20.0 Å². The number of hydrogen-bond donors (Lipinski definition) is 1. The van der Waals surface area contributed by atoms with E-state index < -0.39 is 0 Å². The van der Waals surface area contributed by atoms with Crippen LogP contribution in [0.1, 0.15) is 0 Å². The van der Waals surface area contributed by atoms with Gasteiger partial charge in [-0.1, -0.05) is 24.3 Å². The third kappa shape index (κ3) is 4.62. The molecule has 1 fully saturated rings. The van der Waals surface area contributed by atoms with Gasteiger partial charge in [-0.25, -0.2) is 9.78 Å². The number of amides is 2. The quantitative estimate of drug-likeness (QED) is 0.906. The van der Waals surface area contributed by atoms with Crippen molar-refractivity contribution in [3.63, 3.8) is 0 Å². The number of aromatic nitrogens is 1. The summed E-state index contributed by atoms with van der Waals surface area (Å²) >= 11 is 0. The number of piperazine rings is 1. The first kappa shape index (κ1) is 17.1. The zero-order chi connectivity index (χ0) is 17.5. The highest BCUT2D eigenvalue weighted by Gasteiger charge is 2.21. The van der Waals surface area contributed by atoms with Crippen LogP contribution in [-0.2, 0) is 0 Å². The highest BCUT2D eigenvalue weighted by Crippen LogP contribution is 2.12. The number of rotatable bonds is 5. The van der Waals surface area contributed by atoms with Gasteiger partial charge in [0, 0.05) is 58.2 Å². The number of anilines is 2. The van der Waals surface area contributed by atoms with Gasteiger partial charge in [0.2, 0.25) is 0 Å². The molecular weight excluding hydrogens is 314 g/mol. The second kappa shape index (κ2) is 8.37. The summed E-state index contributed by atoms with van der Waals surface area (Å²) in [4.78, 5) is 22.9. The lowest BCUT2D eigenvalue weighted by molar-refractivity contribution is 0.194. The number of nitrogens with one attached hydrogen (secondary N) is 1. The summed E-state index contributed by atoms with van der Waals surface area (Å²) in [5, 5.41) is 3.02. The molecule has 0 unspecified atom stereocenters. The van der Waals surface area contributed by atoms with Crippen molar-refractivity contribution in [3.8, 4) is 0 Å². The van der Waals surface area contributed by atoms with Crippen molar-refractivity contribution in [2.24, 2.45) is 0 Å². The molecule has 2 aromatic rings. The second-order valence-electron chi connectivity index (χ2n) is 6.15. The molecule has 1 aromatic heterocycles. The highest BCUT2D eigenvalue weighted by atomic mass is 16.2. The normalized spacial score (nSPS) is 14.3. The Kier molecular flexibility index (Phi) is 5.72. The van der Waals surface area contributed by atoms with E-state index in [4.69, 9.17) is 0 Å². The molecule has 2 amide bonds. The molecule has 1 aliphatic heterocycles. The Bertz CT molecular complexity index is 656. The predicted molar refractivity (Wildman–Crippen MR) is 101 cm³/mol. The first-order valence-electron chi connectivity index (χ1n) is 8.69. The molecule has 3 rings (SSSR count). The maximum absolute atomic E-state index is 12.3. The van der Waals surface area contributed by atoms with Gasteiger partial charge in [0.15, 0.2) is 0 Å². The van der Waals surface area contributed by atoms with Gasteiger partial charge in [-0.05, 0) is 24.3 Å². The van der Waals surface area contributed by atoms with Crippen LogP contribution < -0.4 is 15.1 Å². The van der Waals surface area contributed by atoms with E-state index in [2.05, 4.69) is 32.2 Å². The van der Waals surface area contributed by atoms with E-state index >= 15 is 0 Å². The summed E-state index contributed by atoms with van der Waals surface area (Å²) in [6.07, 6.45) is 1.80. The van der Waals surface area contributed by atoms with Crippen molar-refractivity contribution in [2.75, 3.05) is 56.1 Å². The van der Waals surface area contributed by atoms with Crippen LogP contribution in [0.25, 0.3) is 0 Å². The third-order valence-electron chi connectivity index (χ3n) is 4.46. The average molecular weight is 339 g/mol. The topological polar surface area (TPSA) is 51.7 Å². The van der Waals surface area contributed by atoms with E-state index in [0.717, 1.165) is 44.2 Å². The third-order valence-corrected chi connectivity index (χ3v) is 4.46. The fourth-order valence-corrected chi connectivity index (χ4v) is 2.93. The van der Waals surface area contributed by atoms with Crippen LogP contribution in [-0.4, -0.2) is 62.2 Å². The summed E-state index contributed by atoms with van der Waals surface area (Å²) in [6, 6.07) is 16.1. The molecule has 0 spiro atoms. The van der Waals surface area contributed by atoms with Crippen molar-refractivity contribution >= 4 is 17.5 Å². The first-order valence-corrected chi connectivity index (χ1v) is 8.69. The minimum atomic E-state index is 0.0159. The van der Waals surface area contributed by atoms with Crippen molar-refractivity contribution in [3.05, 3.63) is 54.7 Å². The Hall–Kier alpha value is -2.76. The second-order valence-corrected chi connectivity index (χ2v) is 6.15. The van der Waals surface area contributed by atoms with Gasteiger partial charge in [0.1, 0.15) is 5.82 Å². The Morgan fingerprint density at radius 1 is 1.08 bits per heavy atom. The lowest BCUT2D eigenvalue weighted by Crippen LogP contribution is -2.52. The molecular formula is C19H25N5O. The molecule has 25 heavy (non-hydrogen) atoms. The minimum Gasteiger partial charge on any atom is -0.373 e. The Morgan fingerprint density at radius 3 is 2.48 bits per heavy atom. The summed E-state index contributed by atoms with van der Waals surface area (Å²) in [5.74, 6) is 0.979. The molecule has 1 aromatic carbocycles. The number of nitrogens with zero attached hydrogens (tertiary/aromatic N) is 4. The molecule has 0 radical (unpaired) electrons. The molecule has 0 aliphatic carbocycles. The van der Waals surface area contributed by atoms with Crippen molar-refractivity contribution in [2.45, 2.75) is 0 Å². The summed E-state index contributed by atoms with van der Waals surface area (Å²) in [5.41, 5.74) is 1.15. The van der Waals surface area contributed by atoms with Crippen LogP contribution >= 0.6 is 0 Å². The molecule has 0 bridgehead atoms. The molecule has 1 saturated heterocycles. The van der Waals surface area contributed by atoms with Crippen LogP contribution in [0, 0.1) is 0 Å². The number of para-hydroxylation sites is 1. The number of carbonyl (C=O) groups is 1. The lowest BCUT2D eigenvalue weighted by Gasteiger charge is -2.35. The molecule has 0 atom stereocenters. The van der Waals surface area contributed by atoms with Gasteiger partial charge in [0.05, 0.1) is 0 Å². The van der Waals surface area contributed by atoms with E-state index in [1.165, 1.54) is 0 Å². The standard InChI is InChI=1S/C19H25N5O/c1-22(17-7-3-2-4-8-17)12-11-21-19(25)24-15-13-23(14-16-24)18-9-5-6-10-20-18/h2-10H,11-16H2,1H3,(H,21,25). The molecule has 0 saturated carbocycles. The van der Waals surface area contributed by atoms with E-state index in [1.807, 2.05) is 48.3 Å². The summed E-state index contributed by atoms with van der Waals surface area (Å²) < 4.78 is 0. The average Bonchev–Trinajstić information content (AvgIpc) is 2.69. The fraction of sp³-hybridized carbons (Fsp3) is 0.368. The van der Waals surface area contributed by atoms with Crippen LogP contribution in [0.3, 0.4) is 0 Å². The molecule has 132 valence electrons. The molecule has 6 nitrogen and oxygen atoms in total. The number of urea groups is 1. The number of likely N-dealkylation sites (N-methyl/N-ethyl adjacent to an activating group) is 1. The smallest absolute Gasteiger partial charge is 0.317 e. The SMILES string of the molecule is CN(CCNC(=O)N1CCN(c2ccccn2)CC1)c1ccccc1. The Morgan fingerprint density at radius 2 is 1.80 bits per heavy atom. The number of pyridine rings is 1. The van der Waals surface area contributed by atoms with Crippen molar-refractivity contribution in [1.29, 1.82) is 0 Å². The van der Waals surface area contributed by atoms with Crippen molar-refractivity contribution < 1.29 is 4.79 Å². The number of carbonyl (C=O) groups excluding carboxylic acids is 1. The van der Waals surface area contributed by atoms with Gasteiger partial charge in [-0.3, -0.25) is 0 Å².